The van der Waals surface area contributed by atoms with Crippen LogP contribution in [0.15, 0.2) is 48.5 Å². The molecular formula is C27H33ClN4O6. The van der Waals surface area contributed by atoms with Gasteiger partial charge in [-0.1, -0.05) is 48.9 Å². The molecule has 1 heterocycles. The highest BCUT2D eigenvalue weighted by molar-refractivity contribution is 6.31. The zero-order valence-corrected chi connectivity index (χ0v) is 22.0. The average Bonchev–Trinajstić information content (AvgIpc) is 2.91. The first-order chi connectivity index (χ1) is 18.1. The van der Waals surface area contributed by atoms with Gasteiger partial charge in [0.15, 0.2) is 0 Å². The van der Waals surface area contributed by atoms with Crippen molar-refractivity contribution in [3.05, 3.63) is 64.7 Å². The van der Waals surface area contributed by atoms with E-state index in [1.807, 2.05) is 25.1 Å². The SMILES string of the molecule is CCc1ccc(NC(=O)OCC2(C(=O)NCc3ccccc3Cl)CCN(C(=O)[C@@H](N)CC(=O)O)CC2)cc1. The lowest BCUT2D eigenvalue weighted by atomic mass is 9.78. The minimum atomic E-state index is -1.17. The van der Waals surface area contributed by atoms with Crippen LogP contribution in [0.1, 0.15) is 37.3 Å². The zero-order valence-electron chi connectivity index (χ0n) is 21.2. The Morgan fingerprint density at radius 3 is 2.37 bits per heavy atom. The summed E-state index contributed by atoms with van der Waals surface area (Å²) in [6.45, 7) is 2.34. The van der Waals surface area contributed by atoms with E-state index in [-0.39, 0.29) is 45.0 Å². The number of hydrogen-bond donors (Lipinski definition) is 4. The monoisotopic (exact) mass is 544 g/mol. The molecule has 38 heavy (non-hydrogen) atoms. The second-order valence-electron chi connectivity index (χ2n) is 9.34. The summed E-state index contributed by atoms with van der Waals surface area (Å²) in [5.41, 5.74) is 7.08. The number of aliphatic carboxylic acids is 1. The van der Waals surface area contributed by atoms with Gasteiger partial charge in [-0.15, -0.1) is 0 Å². The quantitative estimate of drug-likeness (QED) is 0.358. The number of aryl methyl sites for hydroxylation is 1. The Morgan fingerprint density at radius 2 is 1.76 bits per heavy atom. The molecule has 2 aromatic carbocycles. The maximum atomic E-state index is 13.4. The molecule has 204 valence electrons. The molecule has 2 aromatic rings. The number of nitrogens with two attached hydrogens (primary N) is 1. The lowest BCUT2D eigenvalue weighted by Gasteiger charge is -2.40. The van der Waals surface area contributed by atoms with Crippen molar-refractivity contribution >= 4 is 41.2 Å². The van der Waals surface area contributed by atoms with Crippen LogP contribution in [-0.2, 0) is 32.1 Å². The molecule has 1 atom stereocenters. The van der Waals surface area contributed by atoms with Gasteiger partial charge in [0.05, 0.1) is 17.9 Å². The molecule has 5 N–H and O–H groups in total. The average molecular weight is 545 g/mol. The predicted molar refractivity (Wildman–Crippen MR) is 143 cm³/mol. The van der Waals surface area contributed by atoms with Crippen LogP contribution in [-0.4, -0.2) is 59.6 Å². The number of halogens is 1. The van der Waals surface area contributed by atoms with Crippen molar-refractivity contribution in [2.75, 3.05) is 25.0 Å². The number of ether oxygens (including phenoxy) is 1. The molecule has 0 bridgehead atoms. The number of carbonyl (C=O) groups excluding carboxylic acids is 3. The number of carboxylic acids is 1. The fourth-order valence-corrected chi connectivity index (χ4v) is 4.49. The van der Waals surface area contributed by atoms with E-state index in [0.717, 1.165) is 17.5 Å². The summed E-state index contributed by atoms with van der Waals surface area (Å²) < 4.78 is 5.50. The first-order valence-corrected chi connectivity index (χ1v) is 12.8. The maximum Gasteiger partial charge on any atom is 0.411 e. The summed E-state index contributed by atoms with van der Waals surface area (Å²) in [6.07, 6.45) is 0.0875. The van der Waals surface area contributed by atoms with E-state index < -0.39 is 35.8 Å². The van der Waals surface area contributed by atoms with Crippen molar-refractivity contribution in [1.82, 2.24) is 10.2 Å². The van der Waals surface area contributed by atoms with Crippen molar-refractivity contribution in [1.29, 1.82) is 0 Å². The Balaban J connectivity index is 1.68. The van der Waals surface area contributed by atoms with Crippen LogP contribution < -0.4 is 16.4 Å². The van der Waals surface area contributed by atoms with E-state index >= 15 is 0 Å². The molecule has 0 aliphatic carbocycles. The molecule has 1 aliphatic rings. The summed E-state index contributed by atoms with van der Waals surface area (Å²) in [6, 6.07) is 13.3. The Bertz CT molecular complexity index is 1150. The van der Waals surface area contributed by atoms with E-state index in [1.54, 1.807) is 30.3 Å². The number of benzene rings is 2. The zero-order chi connectivity index (χ0) is 27.7. The first kappa shape index (κ1) is 28.9. The molecule has 1 aliphatic heterocycles. The molecule has 11 heteroatoms. The second-order valence-corrected chi connectivity index (χ2v) is 9.74. The van der Waals surface area contributed by atoms with Crippen LogP contribution in [0.25, 0.3) is 0 Å². The topological polar surface area (TPSA) is 151 Å². The Kier molecular flexibility index (Phi) is 10.1. The lowest BCUT2D eigenvalue weighted by molar-refractivity contribution is -0.145. The number of carbonyl (C=O) groups is 4. The molecule has 1 fully saturated rings. The van der Waals surface area contributed by atoms with Gasteiger partial charge in [-0.3, -0.25) is 19.7 Å². The van der Waals surface area contributed by atoms with Crippen molar-refractivity contribution in [2.24, 2.45) is 11.1 Å². The van der Waals surface area contributed by atoms with E-state index in [1.165, 1.54) is 4.90 Å². The Hall–Kier alpha value is -3.63. The lowest BCUT2D eigenvalue weighted by Crippen LogP contribution is -2.55. The van der Waals surface area contributed by atoms with Gasteiger partial charge in [0.2, 0.25) is 11.8 Å². The highest BCUT2D eigenvalue weighted by atomic mass is 35.5. The molecular weight excluding hydrogens is 512 g/mol. The molecule has 0 radical (unpaired) electrons. The van der Waals surface area contributed by atoms with Crippen molar-refractivity contribution < 1.29 is 29.0 Å². The number of amides is 3. The second kappa shape index (κ2) is 13.3. The first-order valence-electron chi connectivity index (χ1n) is 12.4. The maximum absolute atomic E-state index is 13.4. The summed E-state index contributed by atoms with van der Waals surface area (Å²) in [5.74, 6) is -1.99. The van der Waals surface area contributed by atoms with Gasteiger partial charge >= 0.3 is 12.1 Å². The van der Waals surface area contributed by atoms with E-state index in [0.29, 0.717) is 10.7 Å². The smallest absolute Gasteiger partial charge is 0.411 e. The van der Waals surface area contributed by atoms with Crippen LogP contribution in [0.3, 0.4) is 0 Å². The summed E-state index contributed by atoms with van der Waals surface area (Å²) in [7, 11) is 0. The minimum Gasteiger partial charge on any atom is -0.481 e. The highest BCUT2D eigenvalue weighted by Gasteiger charge is 2.44. The molecule has 0 unspecified atom stereocenters. The number of nitrogens with zero attached hydrogens (tertiary/aromatic N) is 1. The molecule has 1 saturated heterocycles. The van der Waals surface area contributed by atoms with Gasteiger partial charge in [-0.05, 0) is 48.6 Å². The van der Waals surface area contributed by atoms with E-state index in [2.05, 4.69) is 10.6 Å². The number of rotatable bonds is 10. The van der Waals surface area contributed by atoms with Gasteiger partial charge in [-0.2, -0.15) is 0 Å². The molecule has 3 amide bonds. The molecule has 10 nitrogen and oxygen atoms in total. The van der Waals surface area contributed by atoms with Gasteiger partial charge in [0.1, 0.15) is 6.61 Å². The standard InChI is InChI=1S/C27H33ClN4O6/c1-2-18-7-9-20(10-8-18)31-26(37)38-17-27(25(36)30-16-19-5-3-4-6-21(19)28)11-13-32(14-12-27)24(35)22(29)15-23(33)34/h3-10,22H,2,11-17,29H2,1H3,(H,30,36)(H,31,37)(H,33,34)/t22-/m0/s1. The third-order valence-corrected chi connectivity index (χ3v) is 7.08. The van der Waals surface area contributed by atoms with Gasteiger partial charge < -0.3 is 25.8 Å². The van der Waals surface area contributed by atoms with Crippen LogP contribution in [0.2, 0.25) is 5.02 Å². The van der Waals surface area contributed by atoms with Gasteiger partial charge in [-0.25, -0.2) is 4.79 Å². The fraction of sp³-hybridized carbons (Fsp3) is 0.407. The number of piperidine rings is 1. The number of nitrogens with one attached hydrogen (secondary N) is 2. The van der Waals surface area contributed by atoms with Crippen LogP contribution in [0, 0.1) is 5.41 Å². The number of anilines is 1. The molecule has 0 saturated carbocycles. The fourth-order valence-electron chi connectivity index (χ4n) is 4.29. The van der Waals surface area contributed by atoms with E-state index in [9.17, 15) is 19.2 Å². The number of likely N-dealkylation sites (tertiary alicyclic amines) is 1. The highest BCUT2D eigenvalue weighted by Crippen LogP contribution is 2.33. The predicted octanol–water partition coefficient (Wildman–Crippen LogP) is 3.18. The van der Waals surface area contributed by atoms with E-state index in [4.69, 9.17) is 27.2 Å². The van der Waals surface area contributed by atoms with Crippen molar-refractivity contribution in [3.8, 4) is 0 Å². The molecule has 0 spiro atoms. The Morgan fingerprint density at radius 1 is 1.11 bits per heavy atom. The minimum absolute atomic E-state index is 0.162. The molecule has 0 aromatic heterocycles. The largest absolute Gasteiger partial charge is 0.481 e. The van der Waals surface area contributed by atoms with Crippen molar-refractivity contribution in [3.63, 3.8) is 0 Å². The summed E-state index contributed by atoms with van der Waals surface area (Å²) in [5, 5.41) is 15.0. The number of carboxylic acid groups (broad SMARTS) is 1. The van der Waals surface area contributed by atoms with Crippen LogP contribution in [0.4, 0.5) is 10.5 Å². The normalized spacial score (nSPS) is 15.3. The van der Waals surface area contributed by atoms with Gasteiger partial charge in [0.25, 0.3) is 0 Å². The number of hydrogen-bond acceptors (Lipinski definition) is 6. The van der Waals surface area contributed by atoms with Crippen LogP contribution in [0.5, 0.6) is 0 Å². The molecule has 3 rings (SSSR count). The third-order valence-electron chi connectivity index (χ3n) is 6.71. The van der Waals surface area contributed by atoms with Gasteiger partial charge in [0, 0.05) is 30.3 Å². The van der Waals surface area contributed by atoms with Crippen molar-refractivity contribution in [2.45, 2.75) is 45.2 Å². The summed E-state index contributed by atoms with van der Waals surface area (Å²) >= 11 is 6.22. The third kappa shape index (κ3) is 7.69. The van der Waals surface area contributed by atoms with Crippen LogP contribution >= 0.6 is 11.6 Å². The summed E-state index contributed by atoms with van der Waals surface area (Å²) in [4.78, 5) is 51.0. The Labute approximate surface area is 226 Å².